The van der Waals surface area contributed by atoms with Crippen molar-refractivity contribution >= 4 is 80.5 Å². The molecular weight excluding hydrogens is 742 g/mol. The number of imide groups is 1. The second kappa shape index (κ2) is 17.0. The average Bonchev–Trinajstić information content (AvgIpc) is 3.65. The van der Waals surface area contributed by atoms with Crippen LogP contribution in [0.15, 0.2) is 54.7 Å². The first-order valence-corrected chi connectivity index (χ1v) is 19.7. The van der Waals surface area contributed by atoms with Crippen LogP contribution in [0, 0.1) is 13.8 Å². The predicted molar refractivity (Wildman–Crippen MR) is 215 cm³/mol. The van der Waals surface area contributed by atoms with Gasteiger partial charge in [-0.2, -0.15) is 0 Å². The molecule has 4 aromatic rings. The van der Waals surface area contributed by atoms with Crippen molar-refractivity contribution in [2.75, 3.05) is 90.8 Å². The lowest BCUT2D eigenvalue weighted by molar-refractivity contribution is -0.131. The Kier molecular flexibility index (Phi) is 11.7. The third-order valence-corrected chi connectivity index (χ3v) is 11.3. The molecule has 288 valence electrons. The van der Waals surface area contributed by atoms with Gasteiger partial charge in [-0.1, -0.05) is 35.1 Å². The van der Waals surface area contributed by atoms with Crippen molar-refractivity contribution in [2.45, 2.75) is 33.1 Å². The summed E-state index contributed by atoms with van der Waals surface area (Å²) in [6.07, 6.45) is 3.15. The molecule has 3 aliphatic rings. The number of benzene rings is 2. The van der Waals surface area contributed by atoms with Gasteiger partial charge in [-0.15, -0.1) is 0 Å². The fourth-order valence-electron chi connectivity index (χ4n) is 6.97. The molecule has 5 heterocycles. The smallest absolute Gasteiger partial charge is 0.328 e. The zero-order valence-electron chi connectivity index (χ0n) is 30.9. The maximum atomic E-state index is 13.1. The van der Waals surface area contributed by atoms with Gasteiger partial charge in [0, 0.05) is 89.2 Å². The van der Waals surface area contributed by atoms with Crippen molar-refractivity contribution in [3.05, 3.63) is 76.0 Å². The van der Waals surface area contributed by atoms with Gasteiger partial charge < -0.3 is 25.3 Å². The molecule has 3 N–H and O–H groups in total. The molecule has 0 aliphatic carbocycles. The Morgan fingerprint density at radius 1 is 0.891 bits per heavy atom. The van der Waals surface area contributed by atoms with Gasteiger partial charge in [0.05, 0.1) is 16.9 Å². The molecule has 15 nitrogen and oxygen atoms in total. The van der Waals surface area contributed by atoms with E-state index in [4.69, 9.17) is 16.6 Å². The molecular formula is C38H44ClN11O4S. The van der Waals surface area contributed by atoms with Gasteiger partial charge in [-0.25, -0.2) is 19.7 Å². The highest BCUT2D eigenvalue weighted by Crippen LogP contribution is 2.29. The summed E-state index contributed by atoms with van der Waals surface area (Å²) in [6.45, 7) is 11.2. The van der Waals surface area contributed by atoms with E-state index in [-0.39, 0.29) is 17.7 Å². The Hall–Kier alpha value is -5.32. The number of amides is 5. The summed E-state index contributed by atoms with van der Waals surface area (Å²) in [5, 5.41) is 9.51. The number of aromatic nitrogens is 3. The van der Waals surface area contributed by atoms with Crippen molar-refractivity contribution in [3.63, 3.8) is 0 Å². The average molecular weight is 786 g/mol. The van der Waals surface area contributed by atoms with E-state index in [9.17, 15) is 19.2 Å². The first-order chi connectivity index (χ1) is 26.6. The molecule has 0 saturated carbocycles. The summed E-state index contributed by atoms with van der Waals surface area (Å²) in [6, 6.07) is 14.8. The molecule has 0 bridgehead atoms. The Bertz CT molecular complexity index is 2030. The molecule has 3 saturated heterocycles. The Labute approximate surface area is 328 Å². The van der Waals surface area contributed by atoms with Crippen LogP contribution in [0.3, 0.4) is 0 Å². The molecule has 0 radical (unpaired) electrons. The van der Waals surface area contributed by atoms with Gasteiger partial charge >= 0.3 is 6.03 Å². The molecule has 17 heteroatoms. The van der Waals surface area contributed by atoms with Gasteiger partial charge in [0.2, 0.25) is 11.8 Å². The number of thiazole rings is 1. The fraction of sp³-hybridized carbons (Fsp3) is 0.395. The van der Waals surface area contributed by atoms with E-state index in [0.29, 0.717) is 64.8 Å². The third kappa shape index (κ3) is 9.32. The minimum atomic E-state index is -0.391. The topological polar surface area (TPSA) is 159 Å². The highest BCUT2D eigenvalue weighted by Gasteiger charge is 2.26. The molecule has 2 aromatic heterocycles. The summed E-state index contributed by atoms with van der Waals surface area (Å²) < 4.78 is 0. The van der Waals surface area contributed by atoms with E-state index < -0.39 is 6.03 Å². The Balaban J connectivity index is 0.825. The van der Waals surface area contributed by atoms with Gasteiger partial charge in [-0.05, 0) is 62.7 Å². The number of para-hydroxylation sites is 1. The number of halogens is 1. The molecule has 2 aromatic carbocycles. The van der Waals surface area contributed by atoms with E-state index >= 15 is 0 Å². The van der Waals surface area contributed by atoms with Gasteiger partial charge in [0.15, 0.2) is 5.13 Å². The van der Waals surface area contributed by atoms with Crippen LogP contribution in [0.1, 0.15) is 40.3 Å². The van der Waals surface area contributed by atoms with E-state index in [0.717, 1.165) is 75.0 Å². The lowest BCUT2D eigenvalue weighted by atomic mass is 10.2. The normalized spacial score (nSPS) is 16.6. The number of anilines is 6. The largest absolute Gasteiger partial charge is 0.368 e. The zero-order chi connectivity index (χ0) is 38.5. The van der Waals surface area contributed by atoms with Gasteiger partial charge in [-0.3, -0.25) is 29.5 Å². The quantitative estimate of drug-likeness (QED) is 0.190. The Morgan fingerprint density at radius 3 is 2.35 bits per heavy atom. The van der Waals surface area contributed by atoms with Crippen LogP contribution >= 0.6 is 22.9 Å². The Morgan fingerprint density at radius 2 is 1.62 bits per heavy atom. The number of nitrogens with one attached hydrogen (secondary N) is 3. The summed E-state index contributed by atoms with van der Waals surface area (Å²) in [5.74, 6) is 1.73. The maximum Gasteiger partial charge on any atom is 0.328 e. The molecule has 0 unspecified atom stereocenters. The number of hydrogen-bond donors (Lipinski definition) is 3. The number of carbonyl (C=O) groups is 4. The first kappa shape index (κ1) is 38.0. The number of hydrogen-bond acceptors (Lipinski definition) is 12. The van der Waals surface area contributed by atoms with Crippen LogP contribution in [0.5, 0.6) is 0 Å². The second-order valence-corrected chi connectivity index (χ2v) is 15.2. The highest BCUT2D eigenvalue weighted by molar-refractivity contribution is 7.17. The number of rotatable bonds is 11. The lowest BCUT2D eigenvalue weighted by Gasteiger charge is -2.37. The summed E-state index contributed by atoms with van der Waals surface area (Å²) in [4.78, 5) is 74.2. The maximum absolute atomic E-state index is 13.1. The molecule has 0 spiro atoms. The van der Waals surface area contributed by atoms with Crippen LogP contribution in [-0.2, 0) is 9.59 Å². The van der Waals surface area contributed by atoms with Gasteiger partial charge in [0.1, 0.15) is 22.3 Å². The van der Waals surface area contributed by atoms with Gasteiger partial charge in [0.25, 0.3) is 5.91 Å². The van der Waals surface area contributed by atoms with Crippen LogP contribution in [0.4, 0.5) is 38.6 Å². The number of urea groups is 1. The van der Waals surface area contributed by atoms with Crippen molar-refractivity contribution in [1.82, 2.24) is 30.1 Å². The molecule has 3 fully saturated rings. The number of aryl methyl sites for hydroxylation is 2. The van der Waals surface area contributed by atoms with Crippen molar-refractivity contribution in [3.8, 4) is 0 Å². The van der Waals surface area contributed by atoms with Crippen molar-refractivity contribution < 1.29 is 19.2 Å². The number of piperazine rings is 2. The molecule has 0 atom stereocenters. The fourth-order valence-corrected chi connectivity index (χ4v) is 7.96. The van der Waals surface area contributed by atoms with E-state index in [1.54, 1.807) is 11.0 Å². The number of nitrogens with zero attached hydrogens (tertiary/aromatic N) is 8. The zero-order valence-corrected chi connectivity index (χ0v) is 32.5. The van der Waals surface area contributed by atoms with Crippen LogP contribution < -0.4 is 30.7 Å². The van der Waals surface area contributed by atoms with Crippen molar-refractivity contribution in [2.24, 2.45) is 0 Å². The van der Waals surface area contributed by atoms with E-state index in [1.165, 1.54) is 17.5 Å². The van der Waals surface area contributed by atoms with Crippen LogP contribution in [-0.4, -0.2) is 114 Å². The first-order valence-electron chi connectivity index (χ1n) is 18.5. The number of carbonyl (C=O) groups excluding carboxylic acids is 4. The molecule has 5 amide bonds. The summed E-state index contributed by atoms with van der Waals surface area (Å²) >= 11 is 7.52. The second-order valence-electron chi connectivity index (χ2n) is 13.8. The monoisotopic (exact) mass is 785 g/mol. The molecule has 7 rings (SSSR count). The van der Waals surface area contributed by atoms with Crippen LogP contribution in [0.25, 0.3) is 0 Å². The highest BCUT2D eigenvalue weighted by atomic mass is 35.5. The lowest BCUT2D eigenvalue weighted by Crippen LogP contribution is -2.50. The molecule has 3 aliphatic heterocycles. The molecule has 55 heavy (non-hydrogen) atoms. The third-order valence-electron chi connectivity index (χ3n) is 10.0. The predicted octanol–water partition coefficient (Wildman–Crippen LogP) is 4.90. The SMILES string of the molecule is Cc1nc(Nc2ncc(C(=O)Nc3c(C)cccc3Cl)s2)cc(N2CCN(CCCC(=O)N3CCN(c4ccc(N5CCC(=O)NC5=O)cc4)CC3)CC2)n1. The van der Waals surface area contributed by atoms with Crippen molar-refractivity contribution in [1.29, 1.82) is 0 Å². The summed E-state index contributed by atoms with van der Waals surface area (Å²) in [5.41, 5.74) is 3.27. The summed E-state index contributed by atoms with van der Waals surface area (Å²) in [7, 11) is 0. The minimum absolute atomic E-state index is 0.194. The van der Waals surface area contributed by atoms with Crippen LogP contribution in [0.2, 0.25) is 5.02 Å². The minimum Gasteiger partial charge on any atom is -0.368 e. The van der Waals surface area contributed by atoms with E-state index in [1.807, 2.05) is 61.2 Å². The van der Waals surface area contributed by atoms with E-state index in [2.05, 4.69) is 40.6 Å². The standard InChI is InChI=1S/C38H44ClN11O4S/c1-25-5-3-6-29(39)35(25)45-36(53)30-24-40-37(55-30)43-31-23-32(42-26(2)41-31)48-17-15-46(16-18-48)13-4-7-34(52)49-21-19-47(20-22-49)27-8-10-28(11-9-27)50-14-12-33(51)44-38(50)54/h3,5-6,8-11,23-24H,4,7,12-22H2,1-2H3,(H,45,53)(H,44,51,54)(H,40,41,42,43).